The molecule has 1 aromatic rings. The molecule has 1 heterocycles. The van der Waals surface area contributed by atoms with E-state index >= 15 is 0 Å². The lowest BCUT2D eigenvalue weighted by Crippen LogP contribution is -2.29. The lowest BCUT2D eigenvalue weighted by atomic mass is 9.93. The fraction of sp³-hybridized carbons (Fsp3) is 0.727. The Bertz CT molecular complexity index is 371. The summed E-state index contributed by atoms with van der Waals surface area (Å²) >= 11 is 0. The highest BCUT2D eigenvalue weighted by Gasteiger charge is 2.20. The molecule has 7 heteroatoms. The van der Waals surface area contributed by atoms with Crippen LogP contribution in [0.1, 0.15) is 25.7 Å². The minimum atomic E-state index is -0.163. The molecule has 7 nitrogen and oxygen atoms in total. The van der Waals surface area contributed by atoms with E-state index in [1.54, 1.807) is 7.05 Å². The quantitative estimate of drug-likeness (QED) is 0.725. The third kappa shape index (κ3) is 3.19. The van der Waals surface area contributed by atoms with E-state index in [-0.39, 0.29) is 12.1 Å². The molecule has 1 aliphatic carbocycles. The van der Waals surface area contributed by atoms with Gasteiger partial charge in [-0.1, -0.05) is 0 Å². The van der Waals surface area contributed by atoms with Gasteiger partial charge >= 0.3 is 6.01 Å². The molecule has 100 valence electrons. The summed E-state index contributed by atoms with van der Waals surface area (Å²) in [6.07, 6.45) is 3.31. The van der Waals surface area contributed by atoms with Crippen molar-refractivity contribution in [1.82, 2.24) is 15.0 Å². The normalized spacial score (nSPS) is 23.5. The van der Waals surface area contributed by atoms with E-state index in [2.05, 4.69) is 25.6 Å². The van der Waals surface area contributed by atoms with Crippen LogP contribution in [-0.4, -0.2) is 46.4 Å². The molecule has 18 heavy (non-hydrogen) atoms. The predicted octanol–water partition coefficient (Wildman–Crippen LogP) is 0.637. The first-order chi connectivity index (χ1) is 8.71. The average molecular weight is 253 g/mol. The molecule has 0 spiro atoms. The average Bonchev–Trinajstić information content (AvgIpc) is 2.41. The molecule has 0 unspecified atom stereocenters. The summed E-state index contributed by atoms with van der Waals surface area (Å²) < 4.78 is 5.02. The van der Waals surface area contributed by atoms with Crippen LogP contribution in [0.2, 0.25) is 0 Å². The van der Waals surface area contributed by atoms with Crippen molar-refractivity contribution >= 4 is 11.9 Å². The minimum Gasteiger partial charge on any atom is -0.467 e. The molecule has 0 amide bonds. The molecular formula is C11H19N5O2. The summed E-state index contributed by atoms with van der Waals surface area (Å²) in [5.41, 5.74) is 0. The summed E-state index contributed by atoms with van der Waals surface area (Å²) in [6.45, 7) is 0. The maximum atomic E-state index is 9.46. The minimum absolute atomic E-state index is 0.163. The van der Waals surface area contributed by atoms with E-state index in [1.165, 1.54) is 7.11 Å². The number of nitrogens with one attached hydrogen (secondary N) is 2. The zero-order valence-electron chi connectivity index (χ0n) is 10.7. The number of hydrogen-bond acceptors (Lipinski definition) is 7. The summed E-state index contributed by atoms with van der Waals surface area (Å²) in [5, 5.41) is 15.6. The van der Waals surface area contributed by atoms with Gasteiger partial charge in [0.25, 0.3) is 0 Å². The van der Waals surface area contributed by atoms with E-state index in [1.807, 2.05) is 0 Å². The first-order valence-electron chi connectivity index (χ1n) is 6.13. The summed E-state index contributed by atoms with van der Waals surface area (Å²) in [6, 6.07) is 0.581. The number of methoxy groups -OCH3 is 1. The van der Waals surface area contributed by atoms with Crippen molar-refractivity contribution in [2.75, 3.05) is 24.8 Å². The van der Waals surface area contributed by atoms with Crippen LogP contribution in [0.3, 0.4) is 0 Å². The Labute approximate surface area is 106 Å². The van der Waals surface area contributed by atoms with Crippen LogP contribution in [-0.2, 0) is 0 Å². The number of aliphatic hydroxyl groups is 1. The van der Waals surface area contributed by atoms with Crippen molar-refractivity contribution in [3.63, 3.8) is 0 Å². The summed E-state index contributed by atoms with van der Waals surface area (Å²) in [7, 11) is 3.27. The van der Waals surface area contributed by atoms with Gasteiger partial charge in [0.2, 0.25) is 11.9 Å². The Morgan fingerprint density at radius 3 is 2.39 bits per heavy atom. The fourth-order valence-electron chi connectivity index (χ4n) is 2.03. The first-order valence-corrected chi connectivity index (χ1v) is 6.13. The molecule has 3 N–H and O–H groups in total. The largest absolute Gasteiger partial charge is 0.467 e. The Morgan fingerprint density at radius 1 is 1.11 bits per heavy atom. The number of rotatable bonds is 4. The second-order valence-corrected chi connectivity index (χ2v) is 4.37. The lowest BCUT2D eigenvalue weighted by molar-refractivity contribution is 0.126. The monoisotopic (exact) mass is 253 g/mol. The third-order valence-electron chi connectivity index (χ3n) is 3.05. The standard InChI is InChI=1S/C11H19N5O2/c1-12-9-14-10(16-11(15-9)18-2)13-7-3-5-8(17)6-4-7/h7-8,17H,3-6H2,1-2H3,(H2,12,13,14,15,16). The number of hydrogen-bond donors (Lipinski definition) is 3. The molecule has 0 bridgehead atoms. The Morgan fingerprint density at radius 2 is 1.78 bits per heavy atom. The van der Waals surface area contributed by atoms with E-state index in [0.29, 0.717) is 17.9 Å². The lowest BCUT2D eigenvalue weighted by Gasteiger charge is -2.26. The molecule has 1 aromatic heterocycles. The van der Waals surface area contributed by atoms with Gasteiger partial charge in [-0.25, -0.2) is 0 Å². The van der Waals surface area contributed by atoms with Crippen LogP contribution in [0, 0.1) is 0 Å². The van der Waals surface area contributed by atoms with Gasteiger partial charge in [0.05, 0.1) is 13.2 Å². The summed E-state index contributed by atoms with van der Waals surface area (Å²) in [5.74, 6) is 0.979. The number of aromatic nitrogens is 3. The SMILES string of the molecule is CNc1nc(NC2CCC(O)CC2)nc(OC)n1. The van der Waals surface area contributed by atoms with E-state index in [9.17, 15) is 5.11 Å². The molecule has 0 saturated heterocycles. The highest BCUT2D eigenvalue weighted by atomic mass is 16.5. The molecule has 0 aromatic carbocycles. The van der Waals surface area contributed by atoms with Gasteiger partial charge in [-0.2, -0.15) is 15.0 Å². The van der Waals surface area contributed by atoms with Gasteiger partial charge in [0, 0.05) is 13.1 Å². The molecule has 0 aliphatic heterocycles. The highest BCUT2D eigenvalue weighted by molar-refractivity contribution is 5.36. The Hall–Kier alpha value is -1.63. The van der Waals surface area contributed by atoms with Crippen LogP contribution >= 0.6 is 0 Å². The van der Waals surface area contributed by atoms with Crippen molar-refractivity contribution in [3.8, 4) is 6.01 Å². The molecular weight excluding hydrogens is 234 g/mol. The van der Waals surface area contributed by atoms with Gasteiger partial charge in [-0.05, 0) is 25.7 Å². The third-order valence-corrected chi connectivity index (χ3v) is 3.05. The number of anilines is 2. The highest BCUT2D eigenvalue weighted by Crippen LogP contribution is 2.21. The topological polar surface area (TPSA) is 92.2 Å². The first kappa shape index (κ1) is 12.8. The number of aliphatic hydroxyl groups excluding tert-OH is 1. The van der Waals surface area contributed by atoms with E-state index < -0.39 is 0 Å². The maximum Gasteiger partial charge on any atom is 0.322 e. The molecule has 0 radical (unpaired) electrons. The van der Waals surface area contributed by atoms with Crippen molar-refractivity contribution in [3.05, 3.63) is 0 Å². The van der Waals surface area contributed by atoms with Crippen molar-refractivity contribution in [2.45, 2.75) is 37.8 Å². The predicted molar refractivity (Wildman–Crippen MR) is 67.8 cm³/mol. The van der Waals surface area contributed by atoms with Crippen molar-refractivity contribution < 1.29 is 9.84 Å². The second-order valence-electron chi connectivity index (χ2n) is 4.37. The molecule has 0 atom stereocenters. The maximum absolute atomic E-state index is 9.46. The Kier molecular flexibility index (Phi) is 4.14. The number of ether oxygens (including phenoxy) is 1. The Balaban J connectivity index is 2.03. The number of nitrogens with zero attached hydrogens (tertiary/aromatic N) is 3. The van der Waals surface area contributed by atoms with Crippen molar-refractivity contribution in [2.24, 2.45) is 0 Å². The second kappa shape index (κ2) is 5.81. The van der Waals surface area contributed by atoms with Gasteiger partial charge in [-0.3, -0.25) is 0 Å². The van der Waals surface area contributed by atoms with Crippen LogP contribution in [0.5, 0.6) is 6.01 Å². The summed E-state index contributed by atoms with van der Waals surface area (Å²) in [4.78, 5) is 12.4. The van der Waals surface area contributed by atoms with Crippen LogP contribution in [0.25, 0.3) is 0 Å². The van der Waals surface area contributed by atoms with Crippen LogP contribution < -0.4 is 15.4 Å². The van der Waals surface area contributed by atoms with Gasteiger partial charge in [0.15, 0.2) is 0 Å². The van der Waals surface area contributed by atoms with E-state index in [0.717, 1.165) is 25.7 Å². The molecule has 2 rings (SSSR count). The van der Waals surface area contributed by atoms with Crippen LogP contribution in [0.4, 0.5) is 11.9 Å². The van der Waals surface area contributed by atoms with Gasteiger partial charge < -0.3 is 20.5 Å². The van der Waals surface area contributed by atoms with Crippen LogP contribution in [0.15, 0.2) is 0 Å². The van der Waals surface area contributed by atoms with Crippen molar-refractivity contribution in [1.29, 1.82) is 0 Å². The fourth-order valence-corrected chi connectivity index (χ4v) is 2.03. The van der Waals surface area contributed by atoms with E-state index in [4.69, 9.17) is 4.74 Å². The molecule has 1 saturated carbocycles. The molecule has 1 fully saturated rings. The van der Waals surface area contributed by atoms with Gasteiger partial charge in [-0.15, -0.1) is 0 Å². The zero-order valence-corrected chi connectivity index (χ0v) is 10.7. The van der Waals surface area contributed by atoms with Gasteiger partial charge in [0.1, 0.15) is 0 Å². The zero-order chi connectivity index (χ0) is 13.0. The smallest absolute Gasteiger partial charge is 0.322 e. The molecule has 1 aliphatic rings.